The van der Waals surface area contributed by atoms with Gasteiger partial charge in [-0.1, -0.05) is 95.8 Å². The number of hydrogen-bond donors (Lipinski definition) is 1. The molecule has 0 spiro atoms. The van der Waals surface area contributed by atoms with Gasteiger partial charge in [0.25, 0.3) is 5.91 Å². The van der Waals surface area contributed by atoms with Gasteiger partial charge in [-0.2, -0.15) is 0 Å². The van der Waals surface area contributed by atoms with E-state index in [-0.39, 0.29) is 28.6 Å². The number of carbonyl (C=O) groups is 1. The van der Waals surface area contributed by atoms with Crippen LogP contribution in [0.2, 0.25) is 0 Å². The average Bonchev–Trinajstić information content (AvgIpc) is 3.32. The quantitative estimate of drug-likeness (QED) is 0.168. The topological polar surface area (TPSA) is 41.6 Å². The van der Waals surface area contributed by atoms with Crippen molar-refractivity contribution >= 4 is 40.3 Å². The minimum atomic E-state index is -0.454. The van der Waals surface area contributed by atoms with E-state index < -0.39 is 5.82 Å². The first-order valence-corrected chi connectivity index (χ1v) is 15.5. The van der Waals surface area contributed by atoms with E-state index in [4.69, 9.17) is 4.74 Å². The van der Waals surface area contributed by atoms with Crippen molar-refractivity contribution in [2.24, 2.45) is 0 Å². The maximum atomic E-state index is 14.6. The summed E-state index contributed by atoms with van der Waals surface area (Å²) in [5.74, 6) is 0.320. The molecule has 1 heterocycles. The molecule has 1 aliphatic rings. The van der Waals surface area contributed by atoms with Crippen LogP contribution in [0.3, 0.4) is 0 Å². The summed E-state index contributed by atoms with van der Waals surface area (Å²) in [5.41, 5.74) is 3.22. The Bertz CT molecular complexity index is 1030. The van der Waals surface area contributed by atoms with E-state index in [0.717, 1.165) is 30.8 Å². The Kier molecular flexibility index (Phi) is 16.3. The van der Waals surface area contributed by atoms with Gasteiger partial charge >= 0.3 is 0 Å². The number of thioether (sulfide) groups is 1. The summed E-state index contributed by atoms with van der Waals surface area (Å²) in [4.78, 5) is 15.3. The molecule has 0 aromatic heterocycles. The first kappa shape index (κ1) is 33.2. The van der Waals surface area contributed by atoms with E-state index in [9.17, 15) is 9.18 Å². The van der Waals surface area contributed by atoms with Crippen LogP contribution in [0.15, 0.2) is 53.6 Å². The van der Waals surface area contributed by atoms with Crippen LogP contribution in [-0.2, 0) is 6.54 Å². The molecule has 39 heavy (non-hydrogen) atoms. The van der Waals surface area contributed by atoms with Gasteiger partial charge in [-0.3, -0.25) is 4.79 Å². The Labute approximate surface area is 249 Å². The minimum Gasteiger partial charge on any atom is -0.488 e. The number of unbranched alkanes of at least 4 members (excludes halogenated alkanes) is 11. The lowest BCUT2D eigenvalue weighted by Crippen LogP contribution is -2.18. The Hall–Kier alpha value is -1.99. The molecule has 1 amide bonds. The van der Waals surface area contributed by atoms with Crippen LogP contribution < -0.4 is 10.1 Å². The number of nitrogens with zero attached hydrogens (tertiary/aromatic N) is 1. The Morgan fingerprint density at radius 2 is 1.59 bits per heavy atom. The maximum Gasteiger partial charge on any atom is 0.255 e. The number of amides is 1. The van der Waals surface area contributed by atoms with E-state index in [0.29, 0.717) is 17.9 Å². The van der Waals surface area contributed by atoms with Crippen LogP contribution >= 0.6 is 28.7 Å². The van der Waals surface area contributed by atoms with Gasteiger partial charge in [0.2, 0.25) is 0 Å². The second-order valence-electron chi connectivity index (χ2n) is 10.3. The van der Waals surface area contributed by atoms with Gasteiger partial charge in [0.1, 0.15) is 0 Å². The molecule has 3 rings (SSSR count). The first-order chi connectivity index (χ1) is 18.6. The van der Waals surface area contributed by atoms with E-state index in [1.807, 2.05) is 18.2 Å². The van der Waals surface area contributed by atoms with E-state index >= 15 is 0 Å². The molecular formula is C32H46BrFN2O2S. The van der Waals surface area contributed by atoms with Crippen molar-refractivity contribution < 1.29 is 13.9 Å². The number of ether oxygens (including phenoxy) is 1. The Morgan fingerprint density at radius 1 is 0.949 bits per heavy atom. The molecule has 7 heteroatoms. The third-order valence-electron chi connectivity index (χ3n) is 7.01. The van der Waals surface area contributed by atoms with Gasteiger partial charge in [-0.25, -0.2) is 4.39 Å². The molecule has 0 saturated heterocycles. The fraction of sp³-hybridized carbons (Fsp3) is 0.531. The summed E-state index contributed by atoms with van der Waals surface area (Å²) in [5, 5.41) is 5.01. The first-order valence-electron chi connectivity index (χ1n) is 14.4. The fourth-order valence-electron chi connectivity index (χ4n) is 4.69. The zero-order valence-electron chi connectivity index (χ0n) is 23.7. The molecule has 2 aromatic rings. The molecule has 0 atom stereocenters. The summed E-state index contributed by atoms with van der Waals surface area (Å²) in [6.45, 7) is 5.55. The number of hydrogen-bond acceptors (Lipinski definition) is 4. The van der Waals surface area contributed by atoms with Crippen LogP contribution in [0.25, 0.3) is 0 Å². The van der Waals surface area contributed by atoms with Gasteiger partial charge in [-0.05, 0) is 48.6 Å². The zero-order valence-corrected chi connectivity index (χ0v) is 26.2. The molecule has 0 saturated carbocycles. The lowest BCUT2D eigenvalue weighted by atomic mass is 10.1. The monoisotopic (exact) mass is 620 g/mol. The number of nitrogens with one attached hydrogen (secondary N) is 1. The number of halogens is 2. The number of carbonyl (C=O) groups excluding carboxylic acids is 1. The Morgan fingerprint density at radius 3 is 2.23 bits per heavy atom. The molecule has 0 aliphatic carbocycles. The molecule has 1 aliphatic heterocycles. The average molecular weight is 622 g/mol. The molecule has 4 nitrogen and oxygen atoms in total. The molecule has 0 radical (unpaired) electrons. The number of benzene rings is 2. The SMILES string of the molecule is Br.CCCCCCCCCCCCCCOc1c(F)cccc1NC(=O)c1cccc(CN2CSC=C2C)c1. The van der Waals surface area contributed by atoms with Crippen LogP contribution in [-0.4, -0.2) is 23.3 Å². The maximum absolute atomic E-state index is 14.6. The second kappa shape index (κ2) is 19.1. The van der Waals surface area contributed by atoms with Crippen LogP contribution in [0.1, 0.15) is 107 Å². The molecule has 0 fully saturated rings. The molecule has 216 valence electrons. The van der Waals surface area contributed by atoms with Gasteiger partial charge in [0.15, 0.2) is 11.6 Å². The second-order valence-corrected chi connectivity index (χ2v) is 11.1. The highest BCUT2D eigenvalue weighted by Gasteiger charge is 2.16. The summed E-state index contributed by atoms with van der Waals surface area (Å²) >= 11 is 1.78. The van der Waals surface area contributed by atoms with E-state index in [1.54, 1.807) is 30.0 Å². The standard InChI is InChI=1S/C32H45FN2O2S.BrH/c1-3-4-5-6-7-8-9-10-11-12-13-14-21-37-31-29(33)19-16-20-30(31)34-32(36)28-18-15-17-27(22-28)23-35-25-38-24-26(35)2;/h15-20,22,24H,3-14,21,23,25H2,1-2H3,(H,34,36);1H. The number of para-hydroxylation sites is 1. The van der Waals surface area contributed by atoms with Crippen molar-refractivity contribution in [3.05, 3.63) is 70.5 Å². The fourth-order valence-corrected chi connectivity index (χ4v) is 5.63. The van der Waals surface area contributed by atoms with Crippen LogP contribution in [0.4, 0.5) is 10.1 Å². The molecule has 0 unspecified atom stereocenters. The highest BCUT2D eigenvalue weighted by molar-refractivity contribution is 8.93. The van der Waals surface area contributed by atoms with Crippen molar-refractivity contribution in [3.63, 3.8) is 0 Å². The van der Waals surface area contributed by atoms with Gasteiger partial charge in [0.05, 0.1) is 18.2 Å². The third-order valence-corrected chi connectivity index (χ3v) is 7.97. The van der Waals surface area contributed by atoms with Crippen molar-refractivity contribution in [1.29, 1.82) is 0 Å². The van der Waals surface area contributed by atoms with Crippen molar-refractivity contribution in [1.82, 2.24) is 4.90 Å². The van der Waals surface area contributed by atoms with Crippen LogP contribution in [0.5, 0.6) is 5.75 Å². The van der Waals surface area contributed by atoms with Gasteiger partial charge in [0, 0.05) is 17.8 Å². The molecular weight excluding hydrogens is 575 g/mol. The summed E-state index contributed by atoms with van der Waals surface area (Å²) in [6, 6.07) is 12.3. The van der Waals surface area contributed by atoms with E-state index in [2.05, 4.69) is 29.5 Å². The zero-order chi connectivity index (χ0) is 27.0. The lowest BCUT2D eigenvalue weighted by Gasteiger charge is -2.19. The van der Waals surface area contributed by atoms with E-state index in [1.165, 1.54) is 76.0 Å². The largest absolute Gasteiger partial charge is 0.488 e. The van der Waals surface area contributed by atoms with Crippen LogP contribution in [0, 0.1) is 5.82 Å². The summed E-state index contributed by atoms with van der Waals surface area (Å²) in [7, 11) is 0. The van der Waals surface area contributed by atoms with Gasteiger partial charge < -0.3 is 15.0 Å². The van der Waals surface area contributed by atoms with Crippen molar-refractivity contribution in [2.45, 2.75) is 97.4 Å². The highest BCUT2D eigenvalue weighted by Crippen LogP contribution is 2.29. The van der Waals surface area contributed by atoms with Gasteiger partial charge in [-0.15, -0.1) is 28.7 Å². The molecule has 2 aromatic carbocycles. The van der Waals surface area contributed by atoms with Crippen molar-refractivity contribution in [3.8, 4) is 5.75 Å². The number of rotatable bonds is 18. The minimum absolute atomic E-state index is 0. The summed E-state index contributed by atoms with van der Waals surface area (Å²) in [6.07, 6.45) is 15.2. The molecule has 0 bridgehead atoms. The predicted molar refractivity (Wildman–Crippen MR) is 169 cm³/mol. The number of allylic oxidation sites excluding steroid dienone is 1. The van der Waals surface area contributed by atoms with Crippen molar-refractivity contribution in [2.75, 3.05) is 17.8 Å². The Balaban J connectivity index is 0.00000533. The smallest absolute Gasteiger partial charge is 0.255 e. The summed E-state index contributed by atoms with van der Waals surface area (Å²) < 4.78 is 20.4. The number of anilines is 1. The predicted octanol–water partition coefficient (Wildman–Crippen LogP) is 10.1. The third kappa shape index (κ3) is 12.0. The normalized spacial score (nSPS) is 12.7. The molecule has 1 N–H and O–H groups in total. The lowest BCUT2D eigenvalue weighted by molar-refractivity contribution is 0.102. The highest BCUT2D eigenvalue weighted by atomic mass is 79.9.